The van der Waals surface area contributed by atoms with E-state index in [1.54, 1.807) is 12.4 Å². The molecule has 1 N–H and O–H groups in total. The minimum absolute atomic E-state index is 0. The van der Waals surface area contributed by atoms with Crippen LogP contribution in [0.3, 0.4) is 0 Å². The molecule has 0 amide bonds. The largest absolute Gasteiger partial charge is 0.357 e. The van der Waals surface area contributed by atoms with Crippen molar-refractivity contribution in [3.63, 3.8) is 0 Å². The van der Waals surface area contributed by atoms with Crippen LogP contribution in [0.25, 0.3) is 0 Å². The number of piperazine rings is 1. The van der Waals surface area contributed by atoms with Crippen LogP contribution in [0.5, 0.6) is 0 Å². The van der Waals surface area contributed by atoms with Crippen LogP contribution < -0.4 is 10.2 Å². The molecule has 0 spiro atoms. The van der Waals surface area contributed by atoms with E-state index in [9.17, 15) is 0 Å². The van der Waals surface area contributed by atoms with Crippen molar-refractivity contribution >= 4 is 47.6 Å². The van der Waals surface area contributed by atoms with E-state index in [1.807, 2.05) is 17.8 Å². The topological polar surface area (TPSA) is 56.7 Å². The van der Waals surface area contributed by atoms with Gasteiger partial charge in [0.25, 0.3) is 0 Å². The highest BCUT2D eigenvalue weighted by atomic mass is 127. The quantitative estimate of drug-likeness (QED) is 0.327. The first-order valence-corrected chi connectivity index (χ1v) is 8.78. The lowest BCUT2D eigenvalue weighted by atomic mass is 10.3. The highest BCUT2D eigenvalue weighted by molar-refractivity contribution is 14.0. The summed E-state index contributed by atoms with van der Waals surface area (Å²) in [5.41, 5.74) is 0. The Hall–Kier alpha value is -0.770. The number of anilines is 1. The molecule has 0 radical (unpaired) electrons. The molecule has 2 heterocycles. The van der Waals surface area contributed by atoms with Gasteiger partial charge in [-0.05, 0) is 19.2 Å². The average Bonchev–Trinajstić information content (AvgIpc) is 2.55. The minimum Gasteiger partial charge on any atom is -0.357 e. The third-order valence-corrected chi connectivity index (χ3v) is 3.90. The summed E-state index contributed by atoms with van der Waals surface area (Å²) < 4.78 is 0. The number of aromatic nitrogens is 2. The van der Waals surface area contributed by atoms with Gasteiger partial charge in [-0.25, -0.2) is 9.97 Å². The third-order valence-electron chi connectivity index (χ3n) is 3.31. The Kier molecular flexibility index (Phi) is 9.53. The van der Waals surface area contributed by atoms with E-state index >= 15 is 0 Å². The van der Waals surface area contributed by atoms with E-state index in [0.29, 0.717) is 0 Å². The molecule has 6 nitrogen and oxygen atoms in total. The maximum atomic E-state index is 4.69. The number of nitrogens with one attached hydrogen (secondary N) is 1. The fourth-order valence-electron chi connectivity index (χ4n) is 2.24. The van der Waals surface area contributed by atoms with E-state index in [0.717, 1.165) is 56.9 Å². The Bertz CT molecular complexity index is 436. The predicted octanol–water partition coefficient (Wildman–Crippen LogP) is 1.55. The first-order valence-electron chi connectivity index (χ1n) is 7.39. The van der Waals surface area contributed by atoms with E-state index < -0.39 is 0 Å². The zero-order chi connectivity index (χ0) is 14.9. The van der Waals surface area contributed by atoms with Gasteiger partial charge in [0.05, 0.1) is 6.54 Å². The van der Waals surface area contributed by atoms with E-state index in [4.69, 9.17) is 0 Å². The second-order valence-corrected chi connectivity index (χ2v) is 5.74. The predicted molar refractivity (Wildman–Crippen MR) is 106 cm³/mol. The van der Waals surface area contributed by atoms with Crippen molar-refractivity contribution in [3.8, 4) is 0 Å². The lowest BCUT2D eigenvalue weighted by molar-refractivity contribution is 0.370. The minimum atomic E-state index is 0. The van der Waals surface area contributed by atoms with Crippen LogP contribution in [-0.4, -0.2) is 72.1 Å². The van der Waals surface area contributed by atoms with Gasteiger partial charge in [0.15, 0.2) is 5.96 Å². The number of thioether (sulfide) groups is 1. The average molecular weight is 436 g/mol. The molecule has 1 fully saturated rings. The Morgan fingerprint density at radius 2 is 1.95 bits per heavy atom. The summed E-state index contributed by atoms with van der Waals surface area (Å²) in [7, 11) is 0. The molecule has 0 saturated carbocycles. The molecule has 124 valence electrons. The van der Waals surface area contributed by atoms with Crippen LogP contribution in [0.1, 0.15) is 6.92 Å². The van der Waals surface area contributed by atoms with Crippen molar-refractivity contribution in [2.24, 2.45) is 4.99 Å². The van der Waals surface area contributed by atoms with Gasteiger partial charge in [0.2, 0.25) is 5.95 Å². The van der Waals surface area contributed by atoms with Crippen molar-refractivity contribution in [2.45, 2.75) is 6.92 Å². The number of hydrogen-bond donors (Lipinski definition) is 1. The first kappa shape index (κ1) is 19.3. The lowest BCUT2D eigenvalue weighted by Crippen LogP contribution is -2.53. The molecule has 2 rings (SSSR count). The lowest BCUT2D eigenvalue weighted by Gasteiger charge is -2.36. The SMILES string of the molecule is CCNC(=NCCSC)N1CCN(c2ncccn2)CC1.I. The van der Waals surface area contributed by atoms with Crippen molar-refractivity contribution in [3.05, 3.63) is 18.5 Å². The summed E-state index contributed by atoms with van der Waals surface area (Å²) >= 11 is 1.83. The van der Waals surface area contributed by atoms with Crippen LogP contribution >= 0.6 is 35.7 Å². The number of guanidine groups is 1. The van der Waals surface area contributed by atoms with Gasteiger partial charge >= 0.3 is 0 Å². The Morgan fingerprint density at radius 3 is 2.55 bits per heavy atom. The smallest absolute Gasteiger partial charge is 0.225 e. The van der Waals surface area contributed by atoms with Crippen LogP contribution in [0, 0.1) is 0 Å². The summed E-state index contributed by atoms with van der Waals surface area (Å²) in [5.74, 6) is 2.91. The first-order chi connectivity index (χ1) is 10.3. The molecule has 1 aromatic heterocycles. The summed E-state index contributed by atoms with van der Waals surface area (Å²) in [6, 6.07) is 1.85. The zero-order valence-electron chi connectivity index (χ0n) is 13.2. The maximum absolute atomic E-state index is 4.69. The van der Waals surface area contributed by atoms with Gasteiger partial charge in [-0.2, -0.15) is 11.8 Å². The maximum Gasteiger partial charge on any atom is 0.225 e. The Balaban J connectivity index is 0.00000242. The summed E-state index contributed by atoms with van der Waals surface area (Å²) in [5, 5.41) is 3.38. The standard InChI is InChI=1S/C14H24N6S.HI/c1-3-15-13(18-7-12-21-2)19-8-10-20(11-9-19)14-16-5-4-6-17-14;/h4-6H,3,7-12H2,1-2H3,(H,15,18);1H. The molecule has 0 atom stereocenters. The molecule has 22 heavy (non-hydrogen) atoms. The Labute approximate surface area is 154 Å². The van der Waals surface area contributed by atoms with Gasteiger partial charge in [-0.15, -0.1) is 24.0 Å². The van der Waals surface area contributed by atoms with Crippen molar-refractivity contribution in [1.82, 2.24) is 20.2 Å². The van der Waals surface area contributed by atoms with Gasteiger partial charge in [-0.1, -0.05) is 0 Å². The van der Waals surface area contributed by atoms with E-state index in [-0.39, 0.29) is 24.0 Å². The fourth-order valence-corrected chi connectivity index (χ4v) is 2.52. The van der Waals surface area contributed by atoms with Crippen LogP contribution in [0.2, 0.25) is 0 Å². The molecule has 0 aromatic carbocycles. The second-order valence-electron chi connectivity index (χ2n) is 4.75. The number of nitrogens with zero attached hydrogens (tertiary/aromatic N) is 5. The summed E-state index contributed by atoms with van der Waals surface area (Å²) in [4.78, 5) is 17.9. The summed E-state index contributed by atoms with van der Waals surface area (Å²) in [6.07, 6.45) is 5.70. The third kappa shape index (κ3) is 5.79. The number of halogens is 1. The molecule has 1 aromatic rings. The number of hydrogen-bond acceptors (Lipinski definition) is 5. The molecule has 0 aliphatic carbocycles. The van der Waals surface area contributed by atoms with Crippen molar-refractivity contribution in [1.29, 1.82) is 0 Å². The van der Waals surface area contributed by atoms with Gasteiger partial charge in [0, 0.05) is 50.9 Å². The van der Waals surface area contributed by atoms with Gasteiger partial charge in [0.1, 0.15) is 0 Å². The van der Waals surface area contributed by atoms with Crippen LogP contribution in [0.4, 0.5) is 5.95 Å². The molecular formula is C14H25IN6S. The fraction of sp³-hybridized carbons (Fsp3) is 0.643. The molecule has 1 aliphatic heterocycles. The monoisotopic (exact) mass is 436 g/mol. The molecule has 0 unspecified atom stereocenters. The zero-order valence-corrected chi connectivity index (χ0v) is 16.4. The molecule has 8 heteroatoms. The normalized spacial score (nSPS) is 15.5. The summed E-state index contributed by atoms with van der Waals surface area (Å²) in [6.45, 7) is 7.63. The van der Waals surface area contributed by atoms with Crippen LogP contribution in [-0.2, 0) is 0 Å². The van der Waals surface area contributed by atoms with Crippen molar-refractivity contribution in [2.75, 3.05) is 56.2 Å². The molecule has 1 aliphatic rings. The van der Waals surface area contributed by atoms with Crippen molar-refractivity contribution < 1.29 is 0 Å². The highest BCUT2D eigenvalue weighted by Crippen LogP contribution is 2.09. The Morgan fingerprint density at radius 1 is 1.27 bits per heavy atom. The molecular weight excluding hydrogens is 411 g/mol. The number of rotatable bonds is 5. The van der Waals surface area contributed by atoms with Gasteiger partial charge in [-0.3, -0.25) is 4.99 Å². The molecule has 0 bridgehead atoms. The molecule has 1 saturated heterocycles. The number of aliphatic imine (C=N–C) groups is 1. The van der Waals surface area contributed by atoms with Gasteiger partial charge < -0.3 is 15.1 Å². The second kappa shape index (κ2) is 10.9. The van der Waals surface area contributed by atoms with E-state index in [2.05, 4.69) is 43.3 Å². The highest BCUT2D eigenvalue weighted by Gasteiger charge is 2.20. The van der Waals surface area contributed by atoms with E-state index in [1.165, 1.54) is 0 Å². The van der Waals surface area contributed by atoms with Crippen LogP contribution in [0.15, 0.2) is 23.5 Å².